The Labute approximate surface area is 100 Å². The Balaban J connectivity index is 3.69. The summed E-state index contributed by atoms with van der Waals surface area (Å²) in [7, 11) is 0. The second-order valence-corrected chi connectivity index (χ2v) is 4.59. The van der Waals surface area contributed by atoms with Gasteiger partial charge in [0.25, 0.3) is 0 Å². The van der Waals surface area contributed by atoms with Gasteiger partial charge in [0.05, 0.1) is 18.8 Å². The average Bonchev–Trinajstić information content (AvgIpc) is 2.30. The largest absolute Gasteiger partial charge is 0.394 e. The maximum atomic E-state index is 9.18. The summed E-state index contributed by atoms with van der Waals surface area (Å²) in [6, 6.07) is -0.0527. The number of aliphatic hydroxyl groups is 1. The lowest BCUT2D eigenvalue weighted by Crippen LogP contribution is -2.40. The van der Waals surface area contributed by atoms with Crippen molar-refractivity contribution in [2.45, 2.75) is 77.5 Å². The third-order valence-electron chi connectivity index (χ3n) is 3.00. The van der Waals surface area contributed by atoms with E-state index >= 15 is 0 Å². The quantitative estimate of drug-likeness (QED) is 0.568. The highest BCUT2D eigenvalue weighted by Gasteiger charge is 2.18. The van der Waals surface area contributed by atoms with Crippen molar-refractivity contribution in [1.29, 1.82) is 0 Å². The summed E-state index contributed by atoms with van der Waals surface area (Å²) in [5, 5.41) is 9.18. The highest BCUT2D eigenvalue weighted by molar-refractivity contribution is 4.72. The van der Waals surface area contributed by atoms with E-state index in [1.54, 1.807) is 0 Å². The van der Waals surface area contributed by atoms with Crippen LogP contribution in [0.15, 0.2) is 0 Å². The lowest BCUT2D eigenvalue weighted by Gasteiger charge is -2.25. The monoisotopic (exact) mass is 231 g/mol. The first-order valence-corrected chi connectivity index (χ1v) is 6.67. The Bertz CT molecular complexity index is 153. The van der Waals surface area contributed by atoms with Crippen LogP contribution in [-0.2, 0) is 4.74 Å². The number of hydrogen-bond acceptors (Lipinski definition) is 3. The predicted octanol–water partition coefficient (Wildman–Crippen LogP) is 2.46. The van der Waals surface area contributed by atoms with E-state index in [0.717, 1.165) is 12.8 Å². The van der Waals surface area contributed by atoms with Gasteiger partial charge in [-0.3, -0.25) is 0 Å². The fourth-order valence-electron chi connectivity index (χ4n) is 1.77. The van der Waals surface area contributed by atoms with Gasteiger partial charge in [-0.15, -0.1) is 0 Å². The van der Waals surface area contributed by atoms with E-state index < -0.39 is 0 Å². The Morgan fingerprint density at radius 2 is 1.88 bits per heavy atom. The number of rotatable bonds is 10. The Morgan fingerprint density at radius 3 is 2.38 bits per heavy atom. The molecular formula is C13H29NO2. The molecule has 3 heteroatoms. The molecule has 0 aromatic heterocycles. The molecule has 0 bridgehead atoms. The van der Waals surface area contributed by atoms with E-state index in [1.807, 2.05) is 6.92 Å². The van der Waals surface area contributed by atoms with Crippen molar-refractivity contribution in [2.75, 3.05) is 6.61 Å². The Kier molecular flexibility index (Phi) is 9.99. The van der Waals surface area contributed by atoms with Gasteiger partial charge >= 0.3 is 0 Å². The van der Waals surface area contributed by atoms with Crippen LogP contribution in [0.25, 0.3) is 0 Å². The average molecular weight is 231 g/mol. The molecule has 0 aliphatic carbocycles. The van der Waals surface area contributed by atoms with Gasteiger partial charge in [-0.25, -0.2) is 0 Å². The topological polar surface area (TPSA) is 55.5 Å². The van der Waals surface area contributed by atoms with Crippen molar-refractivity contribution in [3.63, 3.8) is 0 Å². The molecule has 0 radical (unpaired) electrons. The normalized spacial score (nSPS) is 17.1. The third-order valence-corrected chi connectivity index (χ3v) is 3.00. The highest BCUT2D eigenvalue weighted by atomic mass is 16.5. The zero-order valence-electron chi connectivity index (χ0n) is 11.1. The molecule has 0 spiro atoms. The zero-order valence-corrected chi connectivity index (χ0v) is 11.1. The van der Waals surface area contributed by atoms with Crippen LogP contribution in [0, 0.1) is 0 Å². The van der Waals surface area contributed by atoms with Gasteiger partial charge in [-0.05, 0) is 19.8 Å². The fraction of sp³-hybridized carbons (Fsp3) is 1.00. The van der Waals surface area contributed by atoms with Crippen molar-refractivity contribution in [1.82, 2.24) is 0 Å². The highest BCUT2D eigenvalue weighted by Crippen LogP contribution is 2.11. The smallest absolute Gasteiger partial charge is 0.0959 e. The van der Waals surface area contributed by atoms with Crippen molar-refractivity contribution < 1.29 is 9.84 Å². The van der Waals surface area contributed by atoms with Gasteiger partial charge in [0.15, 0.2) is 0 Å². The molecule has 0 heterocycles. The van der Waals surface area contributed by atoms with Crippen molar-refractivity contribution in [3.05, 3.63) is 0 Å². The standard InChI is InChI=1S/C13H29NO2/c1-4-6-7-8-9-11(3)16-13(10-15)12(14)5-2/h11-13,15H,4-10,14H2,1-3H3. The molecule has 16 heavy (non-hydrogen) atoms. The molecule has 0 fully saturated rings. The van der Waals surface area contributed by atoms with Crippen molar-refractivity contribution >= 4 is 0 Å². The number of unbranched alkanes of at least 4 members (excludes halogenated alkanes) is 3. The van der Waals surface area contributed by atoms with Crippen LogP contribution >= 0.6 is 0 Å². The van der Waals surface area contributed by atoms with Crippen LogP contribution in [0.4, 0.5) is 0 Å². The number of hydrogen-bond donors (Lipinski definition) is 2. The van der Waals surface area contributed by atoms with E-state index in [2.05, 4.69) is 13.8 Å². The summed E-state index contributed by atoms with van der Waals surface area (Å²) in [6.07, 6.45) is 6.93. The molecule has 98 valence electrons. The maximum absolute atomic E-state index is 9.18. The molecule has 0 aromatic carbocycles. The van der Waals surface area contributed by atoms with E-state index in [4.69, 9.17) is 10.5 Å². The van der Waals surface area contributed by atoms with E-state index in [9.17, 15) is 5.11 Å². The molecule has 0 saturated carbocycles. The van der Waals surface area contributed by atoms with E-state index in [1.165, 1.54) is 25.7 Å². The third kappa shape index (κ3) is 7.20. The summed E-state index contributed by atoms with van der Waals surface area (Å²) >= 11 is 0. The van der Waals surface area contributed by atoms with Gasteiger partial charge < -0.3 is 15.6 Å². The second-order valence-electron chi connectivity index (χ2n) is 4.59. The van der Waals surface area contributed by atoms with Crippen LogP contribution in [0.2, 0.25) is 0 Å². The summed E-state index contributed by atoms with van der Waals surface area (Å²) in [4.78, 5) is 0. The predicted molar refractivity (Wildman–Crippen MR) is 68.4 cm³/mol. The van der Waals surface area contributed by atoms with E-state index in [-0.39, 0.29) is 24.9 Å². The summed E-state index contributed by atoms with van der Waals surface area (Å²) in [6.45, 7) is 6.32. The molecule has 3 atom stereocenters. The molecule has 0 aliphatic heterocycles. The molecular weight excluding hydrogens is 202 g/mol. The van der Waals surface area contributed by atoms with Gasteiger partial charge in [0, 0.05) is 6.04 Å². The minimum Gasteiger partial charge on any atom is -0.394 e. The number of aliphatic hydroxyl groups excluding tert-OH is 1. The van der Waals surface area contributed by atoms with Gasteiger partial charge in [0.1, 0.15) is 0 Å². The first kappa shape index (κ1) is 15.9. The summed E-state index contributed by atoms with van der Waals surface area (Å²) in [5.41, 5.74) is 5.87. The molecule has 0 rings (SSSR count). The summed E-state index contributed by atoms with van der Waals surface area (Å²) in [5.74, 6) is 0. The Morgan fingerprint density at radius 1 is 1.19 bits per heavy atom. The fourth-order valence-corrected chi connectivity index (χ4v) is 1.77. The number of nitrogens with two attached hydrogens (primary N) is 1. The molecule has 3 nitrogen and oxygen atoms in total. The second kappa shape index (κ2) is 10.1. The van der Waals surface area contributed by atoms with Gasteiger partial charge in [0.2, 0.25) is 0 Å². The molecule has 3 N–H and O–H groups in total. The van der Waals surface area contributed by atoms with Crippen LogP contribution in [0.5, 0.6) is 0 Å². The lowest BCUT2D eigenvalue weighted by molar-refractivity contribution is -0.0475. The molecule has 0 saturated heterocycles. The van der Waals surface area contributed by atoms with Gasteiger partial charge in [-0.2, -0.15) is 0 Å². The summed E-state index contributed by atoms with van der Waals surface area (Å²) < 4.78 is 5.76. The van der Waals surface area contributed by atoms with E-state index in [0.29, 0.717) is 0 Å². The van der Waals surface area contributed by atoms with Crippen LogP contribution in [0.1, 0.15) is 59.3 Å². The molecule has 3 unspecified atom stereocenters. The van der Waals surface area contributed by atoms with Crippen molar-refractivity contribution in [3.8, 4) is 0 Å². The van der Waals surface area contributed by atoms with Crippen molar-refractivity contribution in [2.24, 2.45) is 5.73 Å². The number of ether oxygens (including phenoxy) is 1. The first-order valence-electron chi connectivity index (χ1n) is 6.67. The minimum atomic E-state index is -0.203. The lowest BCUT2D eigenvalue weighted by atomic mass is 10.1. The molecule has 0 aliphatic rings. The SMILES string of the molecule is CCCCCCC(C)OC(CO)C(N)CC. The molecule has 0 amide bonds. The van der Waals surface area contributed by atoms with Crippen LogP contribution in [-0.4, -0.2) is 30.0 Å². The maximum Gasteiger partial charge on any atom is 0.0959 e. The van der Waals surface area contributed by atoms with Gasteiger partial charge in [-0.1, -0.05) is 39.5 Å². The Hall–Kier alpha value is -0.120. The molecule has 0 aromatic rings. The van der Waals surface area contributed by atoms with Crippen LogP contribution in [0.3, 0.4) is 0 Å². The van der Waals surface area contributed by atoms with Crippen LogP contribution < -0.4 is 5.73 Å². The first-order chi connectivity index (χ1) is 7.65. The zero-order chi connectivity index (χ0) is 12.4. The minimum absolute atomic E-state index is 0.0221.